The number of anilines is 1. The Labute approximate surface area is 137 Å². The lowest BCUT2D eigenvalue weighted by Gasteiger charge is -2.31. The molecule has 0 spiro atoms. The quantitative estimate of drug-likeness (QED) is 0.796. The first-order valence-electron chi connectivity index (χ1n) is 8.38. The molecule has 1 amide bonds. The topological polar surface area (TPSA) is 49.9 Å². The van der Waals surface area contributed by atoms with E-state index >= 15 is 0 Å². The molecule has 124 valence electrons. The Morgan fingerprint density at radius 2 is 2.13 bits per heavy atom. The number of nitrogens with zero attached hydrogens (tertiary/aromatic N) is 2. The molecule has 1 aromatic rings. The van der Waals surface area contributed by atoms with Gasteiger partial charge in [-0.05, 0) is 30.9 Å². The smallest absolute Gasteiger partial charge is 0.309 e. The summed E-state index contributed by atoms with van der Waals surface area (Å²) in [5.74, 6) is -0.466. The summed E-state index contributed by atoms with van der Waals surface area (Å²) in [7, 11) is 1.78. The van der Waals surface area contributed by atoms with Crippen molar-refractivity contribution >= 4 is 17.6 Å². The molecule has 0 saturated carbocycles. The van der Waals surface area contributed by atoms with Crippen LogP contribution in [0.2, 0.25) is 0 Å². The molecule has 2 heterocycles. The van der Waals surface area contributed by atoms with Crippen molar-refractivity contribution in [2.24, 2.45) is 5.92 Å². The van der Waals surface area contributed by atoms with Crippen molar-refractivity contribution in [3.05, 3.63) is 29.8 Å². The first-order valence-corrected chi connectivity index (χ1v) is 8.38. The molecule has 0 aromatic heterocycles. The van der Waals surface area contributed by atoms with Gasteiger partial charge in [-0.3, -0.25) is 9.59 Å². The summed E-state index contributed by atoms with van der Waals surface area (Å²) in [5, 5.41) is 0. The fourth-order valence-electron chi connectivity index (χ4n) is 3.36. The van der Waals surface area contributed by atoms with E-state index in [4.69, 9.17) is 4.74 Å². The summed E-state index contributed by atoms with van der Waals surface area (Å²) in [6, 6.07) is 8.41. The molecule has 2 aliphatic rings. The number of para-hydroxylation sites is 1. The normalized spacial score (nSPS) is 21.1. The Hall–Kier alpha value is -2.04. The standard InChI is InChI=1S/C18H24N2O3/c1-19-10-8-15(13-17(19)21)18(22)23-12-11-20-9-4-6-14-5-2-3-7-16(14)20/h2-3,5,7,15H,4,6,8-13H2,1H3. The number of hydrogen-bond acceptors (Lipinski definition) is 4. The monoisotopic (exact) mass is 316 g/mol. The first-order chi connectivity index (χ1) is 11.1. The molecule has 2 aliphatic heterocycles. The lowest BCUT2D eigenvalue weighted by molar-refractivity contribution is -0.153. The highest BCUT2D eigenvalue weighted by Gasteiger charge is 2.29. The van der Waals surface area contributed by atoms with Crippen LogP contribution in [0.5, 0.6) is 0 Å². The number of carbonyl (C=O) groups is 2. The Morgan fingerprint density at radius 1 is 1.30 bits per heavy atom. The molecule has 0 bridgehead atoms. The third-order valence-corrected chi connectivity index (χ3v) is 4.81. The Morgan fingerprint density at radius 3 is 2.96 bits per heavy atom. The van der Waals surface area contributed by atoms with Crippen LogP contribution in [0.25, 0.3) is 0 Å². The lowest BCUT2D eigenvalue weighted by Crippen LogP contribution is -2.39. The summed E-state index contributed by atoms with van der Waals surface area (Å²) in [6.45, 7) is 2.73. The average Bonchev–Trinajstić information content (AvgIpc) is 2.57. The molecule has 5 nitrogen and oxygen atoms in total. The molecule has 1 aromatic carbocycles. The molecule has 5 heteroatoms. The number of hydrogen-bond donors (Lipinski definition) is 0. The van der Waals surface area contributed by atoms with Crippen LogP contribution < -0.4 is 4.90 Å². The van der Waals surface area contributed by atoms with Gasteiger partial charge < -0.3 is 14.5 Å². The summed E-state index contributed by atoms with van der Waals surface area (Å²) in [6.07, 6.45) is 3.23. The van der Waals surface area contributed by atoms with Gasteiger partial charge in [0.2, 0.25) is 5.91 Å². The van der Waals surface area contributed by atoms with Crippen LogP contribution in [0, 0.1) is 5.92 Å². The molecule has 1 saturated heterocycles. The number of piperidine rings is 1. The van der Waals surface area contributed by atoms with E-state index in [1.165, 1.54) is 11.3 Å². The van der Waals surface area contributed by atoms with Crippen molar-refractivity contribution in [3.63, 3.8) is 0 Å². The molecule has 0 radical (unpaired) electrons. The maximum atomic E-state index is 12.1. The van der Waals surface area contributed by atoms with Gasteiger partial charge in [0.05, 0.1) is 12.5 Å². The summed E-state index contributed by atoms with van der Waals surface area (Å²) < 4.78 is 5.43. The van der Waals surface area contributed by atoms with E-state index in [9.17, 15) is 9.59 Å². The molecule has 0 aliphatic carbocycles. The number of ether oxygens (including phenoxy) is 1. The van der Waals surface area contributed by atoms with E-state index in [1.807, 2.05) is 6.07 Å². The van der Waals surface area contributed by atoms with Gasteiger partial charge in [0, 0.05) is 32.2 Å². The largest absolute Gasteiger partial charge is 0.464 e. The molecule has 1 fully saturated rings. The predicted molar refractivity (Wildman–Crippen MR) is 88.3 cm³/mol. The van der Waals surface area contributed by atoms with Crippen molar-refractivity contribution in [1.82, 2.24) is 4.90 Å². The second-order valence-corrected chi connectivity index (χ2v) is 6.39. The molecular weight excluding hydrogens is 292 g/mol. The van der Waals surface area contributed by atoms with Crippen molar-refractivity contribution in [3.8, 4) is 0 Å². The van der Waals surface area contributed by atoms with Crippen LogP contribution in [0.1, 0.15) is 24.8 Å². The van der Waals surface area contributed by atoms with Crippen molar-refractivity contribution in [2.45, 2.75) is 25.7 Å². The predicted octanol–water partition coefficient (Wildman–Crippen LogP) is 1.85. The van der Waals surface area contributed by atoms with Gasteiger partial charge in [-0.15, -0.1) is 0 Å². The Kier molecular flexibility index (Phi) is 4.84. The van der Waals surface area contributed by atoms with Crippen LogP contribution in [-0.2, 0) is 20.7 Å². The van der Waals surface area contributed by atoms with Gasteiger partial charge in [-0.25, -0.2) is 0 Å². The van der Waals surface area contributed by atoms with Crippen LogP contribution in [-0.4, -0.2) is 50.1 Å². The molecule has 1 atom stereocenters. The Bertz CT molecular complexity index is 587. The summed E-state index contributed by atoms with van der Waals surface area (Å²) in [5.41, 5.74) is 2.62. The van der Waals surface area contributed by atoms with E-state index < -0.39 is 0 Å². The zero-order valence-electron chi connectivity index (χ0n) is 13.7. The highest BCUT2D eigenvalue weighted by molar-refractivity contribution is 5.84. The number of carbonyl (C=O) groups excluding carboxylic acids is 2. The van der Waals surface area contributed by atoms with Gasteiger partial charge in [-0.1, -0.05) is 18.2 Å². The number of esters is 1. The molecule has 23 heavy (non-hydrogen) atoms. The maximum absolute atomic E-state index is 12.1. The van der Waals surface area contributed by atoms with Crippen LogP contribution in [0.3, 0.4) is 0 Å². The highest BCUT2D eigenvalue weighted by atomic mass is 16.5. The minimum absolute atomic E-state index is 0.0307. The zero-order valence-corrected chi connectivity index (χ0v) is 13.7. The number of rotatable bonds is 4. The van der Waals surface area contributed by atoms with Crippen molar-refractivity contribution in [1.29, 1.82) is 0 Å². The van der Waals surface area contributed by atoms with E-state index in [0.717, 1.165) is 19.4 Å². The number of benzene rings is 1. The van der Waals surface area contributed by atoms with Crippen molar-refractivity contribution < 1.29 is 14.3 Å². The number of fused-ring (bicyclic) bond motifs is 1. The van der Waals surface area contributed by atoms with Gasteiger partial charge in [0.1, 0.15) is 6.61 Å². The van der Waals surface area contributed by atoms with Gasteiger partial charge in [0.25, 0.3) is 0 Å². The van der Waals surface area contributed by atoms with E-state index in [1.54, 1.807) is 11.9 Å². The van der Waals surface area contributed by atoms with Crippen LogP contribution >= 0.6 is 0 Å². The van der Waals surface area contributed by atoms with Gasteiger partial charge in [0.15, 0.2) is 0 Å². The lowest BCUT2D eigenvalue weighted by atomic mass is 9.97. The fourth-order valence-corrected chi connectivity index (χ4v) is 3.36. The fraction of sp³-hybridized carbons (Fsp3) is 0.556. The first kappa shape index (κ1) is 15.8. The van der Waals surface area contributed by atoms with E-state index in [-0.39, 0.29) is 24.2 Å². The van der Waals surface area contributed by atoms with Gasteiger partial charge >= 0.3 is 5.97 Å². The number of aryl methyl sites for hydroxylation is 1. The molecule has 3 rings (SSSR count). The summed E-state index contributed by atoms with van der Waals surface area (Å²) in [4.78, 5) is 27.8. The minimum atomic E-state index is -0.271. The molecule has 0 N–H and O–H groups in total. The van der Waals surface area contributed by atoms with Crippen molar-refractivity contribution in [2.75, 3.05) is 38.2 Å². The second-order valence-electron chi connectivity index (χ2n) is 6.39. The molecular formula is C18H24N2O3. The number of likely N-dealkylation sites (tertiary alicyclic amines) is 1. The third kappa shape index (κ3) is 3.66. The molecule has 1 unspecified atom stereocenters. The third-order valence-electron chi connectivity index (χ3n) is 4.81. The van der Waals surface area contributed by atoms with E-state index in [2.05, 4.69) is 23.1 Å². The van der Waals surface area contributed by atoms with Crippen LogP contribution in [0.15, 0.2) is 24.3 Å². The number of amides is 1. The second kappa shape index (κ2) is 7.02. The van der Waals surface area contributed by atoms with E-state index in [0.29, 0.717) is 26.1 Å². The zero-order chi connectivity index (χ0) is 16.2. The average molecular weight is 316 g/mol. The minimum Gasteiger partial charge on any atom is -0.464 e. The Balaban J connectivity index is 1.49. The SMILES string of the molecule is CN1CCC(C(=O)OCCN2CCCc3ccccc32)CC1=O. The summed E-state index contributed by atoms with van der Waals surface area (Å²) >= 11 is 0. The highest BCUT2D eigenvalue weighted by Crippen LogP contribution is 2.26. The van der Waals surface area contributed by atoms with Gasteiger partial charge in [-0.2, -0.15) is 0 Å². The van der Waals surface area contributed by atoms with Crippen LogP contribution in [0.4, 0.5) is 5.69 Å². The maximum Gasteiger partial charge on any atom is 0.309 e.